The van der Waals surface area contributed by atoms with E-state index < -0.39 is 18.9 Å². The van der Waals surface area contributed by atoms with Crippen LogP contribution in [-0.4, -0.2) is 24.9 Å². The van der Waals surface area contributed by atoms with Gasteiger partial charge in [0.15, 0.2) is 0 Å². The van der Waals surface area contributed by atoms with E-state index in [4.69, 9.17) is 5.73 Å². The van der Waals surface area contributed by atoms with Crippen LogP contribution in [0, 0.1) is 0 Å². The molecule has 0 aromatic carbocycles. The molecule has 3 N–H and O–H groups in total. The molecule has 5 heteroatoms. The van der Waals surface area contributed by atoms with Crippen molar-refractivity contribution in [2.45, 2.75) is 38.7 Å². The van der Waals surface area contributed by atoms with Gasteiger partial charge in [0, 0.05) is 12.5 Å². The number of hydrogen-bond donors (Lipinski definition) is 2. The number of hydrogen-bond acceptors (Lipinski definition) is 2. The average molecular weight is 194 g/mol. The monoisotopic (exact) mass is 194 g/mol. The van der Waals surface area contributed by atoms with Gasteiger partial charge >= 0.3 is 0 Å². The molecule has 1 amide bonds. The summed E-state index contributed by atoms with van der Waals surface area (Å²) in [5.74, 6) is -0.402. The molecular formula is C8H16F2N2O. The minimum Gasteiger partial charge on any atom is -0.350 e. The van der Waals surface area contributed by atoms with E-state index in [-0.39, 0.29) is 12.5 Å². The van der Waals surface area contributed by atoms with Crippen LogP contribution in [0.15, 0.2) is 0 Å². The highest BCUT2D eigenvalue weighted by Crippen LogP contribution is 1.98. The Kier molecular flexibility index (Phi) is 6.40. The van der Waals surface area contributed by atoms with Crippen molar-refractivity contribution >= 4 is 5.91 Å². The van der Waals surface area contributed by atoms with E-state index in [1.54, 1.807) is 0 Å². The molecule has 1 atom stereocenters. The fourth-order valence-corrected chi connectivity index (χ4v) is 0.974. The number of amides is 1. The van der Waals surface area contributed by atoms with Gasteiger partial charge in [-0.15, -0.1) is 0 Å². The van der Waals surface area contributed by atoms with Gasteiger partial charge < -0.3 is 11.1 Å². The van der Waals surface area contributed by atoms with Gasteiger partial charge in [0.25, 0.3) is 6.43 Å². The van der Waals surface area contributed by atoms with E-state index in [0.29, 0.717) is 0 Å². The maximum absolute atomic E-state index is 11.6. The van der Waals surface area contributed by atoms with Gasteiger partial charge in [-0.3, -0.25) is 4.79 Å². The van der Waals surface area contributed by atoms with E-state index in [9.17, 15) is 13.6 Å². The van der Waals surface area contributed by atoms with Crippen LogP contribution in [0.3, 0.4) is 0 Å². The molecule has 0 bridgehead atoms. The SMILES string of the molecule is CCCC(N)CC(=O)NCC(F)F. The van der Waals surface area contributed by atoms with Gasteiger partial charge in [0.1, 0.15) is 0 Å². The number of carbonyl (C=O) groups is 1. The van der Waals surface area contributed by atoms with E-state index >= 15 is 0 Å². The molecule has 0 rings (SSSR count). The van der Waals surface area contributed by atoms with Crippen LogP contribution in [0.4, 0.5) is 8.78 Å². The van der Waals surface area contributed by atoms with Gasteiger partial charge in [-0.2, -0.15) is 0 Å². The molecule has 0 saturated heterocycles. The van der Waals surface area contributed by atoms with Gasteiger partial charge in [0.05, 0.1) is 6.54 Å². The first-order valence-electron chi connectivity index (χ1n) is 4.36. The molecule has 3 nitrogen and oxygen atoms in total. The van der Waals surface area contributed by atoms with Crippen molar-refractivity contribution in [2.75, 3.05) is 6.54 Å². The number of alkyl halides is 2. The quantitative estimate of drug-likeness (QED) is 0.659. The maximum atomic E-state index is 11.6. The standard InChI is InChI=1S/C8H16F2N2O/c1-2-3-6(11)4-8(13)12-5-7(9)10/h6-7H,2-5,11H2,1H3,(H,12,13). The second-order valence-corrected chi connectivity index (χ2v) is 2.95. The zero-order chi connectivity index (χ0) is 10.3. The van der Waals surface area contributed by atoms with Crippen molar-refractivity contribution in [1.29, 1.82) is 0 Å². The summed E-state index contributed by atoms with van der Waals surface area (Å²) in [6.07, 6.45) is -0.738. The van der Waals surface area contributed by atoms with Crippen molar-refractivity contribution in [3.63, 3.8) is 0 Å². The molecule has 0 radical (unpaired) electrons. The fourth-order valence-electron chi connectivity index (χ4n) is 0.974. The molecule has 78 valence electrons. The second kappa shape index (κ2) is 6.77. The average Bonchev–Trinajstić information content (AvgIpc) is 2.01. The highest BCUT2D eigenvalue weighted by atomic mass is 19.3. The lowest BCUT2D eigenvalue weighted by Gasteiger charge is -2.09. The van der Waals surface area contributed by atoms with Crippen LogP contribution in [0.5, 0.6) is 0 Å². The zero-order valence-corrected chi connectivity index (χ0v) is 7.72. The van der Waals surface area contributed by atoms with Crippen molar-refractivity contribution in [3.8, 4) is 0 Å². The molecular weight excluding hydrogens is 178 g/mol. The van der Waals surface area contributed by atoms with Crippen molar-refractivity contribution in [3.05, 3.63) is 0 Å². The van der Waals surface area contributed by atoms with Crippen LogP contribution in [0.25, 0.3) is 0 Å². The largest absolute Gasteiger partial charge is 0.350 e. The zero-order valence-electron chi connectivity index (χ0n) is 7.72. The topological polar surface area (TPSA) is 55.1 Å². The first kappa shape index (κ1) is 12.3. The molecule has 0 saturated carbocycles. The Labute approximate surface area is 76.7 Å². The van der Waals surface area contributed by atoms with Crippen LogP contribution in [0.1, 0.15) is 26.2 Å². The number of nitrogens with one attached hydrogen (secondary N) is 1. The van der Waals surface area contributed by atoms with Crippen molar-refractivity contribution in [2.24, 2.45) is 5.73 Å². The van der Waals surface area contributed by atoms with Crippen LogP contribution >= 0.6 is 0 Å². The van der Waals surface area contributed by atoms with Crippen molar-refractivity contribution < 1.29 is 13.6 Å². The Morgan fingerprint density at radius 1 is 1.54 bits per heavy atom. The summed E-state index contributed by atoms with van der Waals surface area (Å²) < 4.78 is 23.3. The van der Waals surface area contributed by atoms with Crippen molar-refractivity contribution in [1.82, 2.24) is 5.32 Å². The predicted molar refractivity (Wildman–Crippen MR) is 46.5 cm³/mol. The van der Waals surface area contributed by atoms with Gasteiger partial charge in [-0.05, 0) is 6.42 Å². The molecule has 0 aliphatic rings. The molecule has 0 fully saturated rings. The summed E-state index contributed by atoms with van der Waals surface area (Å²) in [5, 5.41) is 2.10. The lowest BCUT2D eigenvalue weighted by atomic mass is 10.1. The molecule has 0 aliphatic carbocycles. The molecule has 0 aromatic rings. The molecule has 13 heavy (non-hydrogen) atoms. The van der Waals surface area contributed by atoms with Crippen LogP contribution in [-0.2, 0) is 4.79 Å². The number of nitrogens with two attached hydrogens (primary N) is 1. The predicted octanol–water partition coefficient (Wildman–Crippen LogP) is 0.885. The second-order valence-electron chi connectivity index (χ2n) is 2.95. The lowest BCUT2D eigenvalue weighted by Crippen LogP contribution is -2.34. The molecule has 0 heterocycles. The third-order valence-corrected chi connectivity index (χ3v) is 1.56. The third kappa shape index (κ3) is 7.64. The van der Waals surface area contributed by atoms with Crippen LogP contribution in [0.2, 0.25) is 0 Å². The molecule has 1 unspecified atom stereocenters. The summed E-state index contributed by atoms with van der Waals surface area (Å²) in [6, 6.07) is -0.220. The third-order valence-electron chi connectivity index (χ3n) is 1.56. The molecule has 0 aliphatic heterocycles. The summed E-state index contributed by atoms with van der Waals surface area (Å²) in [5.41, 5.74) is 5.54. The number of rotatable bonds is 6. The van der Waals surface area contributed by atoms with Gasteiger partial charge in [0.2, 0.25) is 5.91 Å². The van der Waals surface area contributed by atoms with Gasteiger partial charge in [-0.1, -0.05) is 13.3 Å². The van der Waals surface area contributed by atoms with E-state index in [2.05, 4.69) is 5.32 Å². The highest BCUT2D eigenvalue weighted by Gasteiger charge is 2.10. The Morgan fingerprint density at radius 2 is 2.15 bits per heavy atom. The number of halogens is 2. The molecule has 0 spiro atoms. The first-order chi connectivity index (χ1) is 6.06. The number of carbonyl (C=O) groups excluding carboxylic acids is 1. The fraction of sp³-hybridized carbons (Fsp3) is 0.875. The van der Waals surface area contributed by atoms with E-state index in [1.807, 2.05) is 6.92 Å². The van der Waals surface area contributed by atoms with E-state index in [1.165, 1.54) is 0 Å². The first-order valence-corrected chi connectivity index (χ1v) is 4.36. The minimum atomic E-state index is -2.49. The summed E-state index contributed by atoms with van der Waals surface area (Å²) in [4.78, 5) is 10.9. The van der Waals surface area contributed by atoms with Crippen LogP contribution < -0.4 is 11.1 Å². The maximum Gasteiger partial charge on any atom is 0.255 e. The van der Waals surface area contributed by atoms with E-state index in [0.717, 1.165) is 12.8 Å². The minimum absolute atomic E-state index is 0.126. The molecule has 0 aromatic heterocycles. The highest BCUT2D eigenvalue weighted by molar-refractivity contribution is 5.76. The van der Waals surface area contributed by atoms with Gasteiger partial charge in [-0.25, -0.2) is 8.78 Å². The smallest absolute Gasteiger partial charge is 0.255 e. The normalized spacial score (nSPS) is 13.0. The Morgan fingerprint density at radius 3 is 2.62 bits per heavy atom. The lowest BCUT2D eigenvalue weighted by molar-refractivity contribution is -0.122. The Balaban J connectivity index is 3.50. The summed E-state index contributed by atoms with van der Waals surface area (Å²) >= 11 is 0. The summed E-state index contributed by atoms with van der Waals surface area (Å²) in [7, 11) is 0. The Hall–Kier alpha value is -0.710. The summed E-state index contributed by atoms with van der Waals surface area (Å²) in [6.45, 7) is 1.37. The Bertz CT molecular complexity index is 153.